The second kappa shape index (κ2) is 7.59. The molecule has 0 aromatic heterocycles. The zero-order valence-corrected chi connectivity index (χ0v) is 11.2. The van der Waals surface area contributed by atoms with Crippen LogP contribution in [0.5, 0.6) is 5.75 Å². The average Bonchev–Trinajstić information content (AvgIpc) is 2.46. The van der Waals surface area contributed by atoms with Crippen LogP contribution in [0.3, 0.4) is 0 Å². The van der Waals surface area contributed by atoms with E-state index in [1.165, 1.54) is 6.08 Å². The van der Waals surface area contributed by atoms with Crippen molar-refractivity contribution in [2.24, 2.45) is 0 Å². The standard InChI is InChI=1S/C14H14N2O4/c1-3-20-14(18)13(16-15)12(17)9-6-10-4-7-11(19-2)8-5-10/h4-9H,3H2,1-2H3/b9-6+. The molecule has 0 aliphatic rings. The highest BCUT2D eigenvalue weighted by atomic mass is 16.5. The quantitative estimate of drug-likeness (QED) is 0.268. The van der Waals surface area contributed by atoms with Crippen LogP contribution in [0.15, 0.2) is 41.8 Å². The van der Waals surface area contributed by atoms with Crippen LogP contribution in [0, 0.1) is 5.39 Å². The lowest BCUT2D eigenvalue weighted by atomic mass is 10.2. The Morgan fingerprint density at radius 2 is 2.05 bits per heavy atom. The second-order valence-electron chi connectivity index (χ2n) is 3.64. The zero-order chi connectivity index (χ0) is 15.0. The Kier molecular flexibility index (Phi) is 5.78. The summed E-state index contributed by atoms with van der Waals surface area (Å²) in [6, 6.07) is 6.94. The summed E-state index contributed by atoms with van der Waals surface area (Å²) in [5.74, 6) is -1.00. The van der Waals surface area contributed by atoms with Gasteiger partial charge in [0.25, 0.3) is 0 Å². The summed E-state index contributed by atoms with van der Waals surface area (Å²) in [6.45, 7) is 1.68. The number of hydrogen-bond acceptors (Lipinski definition) is 5. The lowest BCUT2D eigenvalue weighted by Crippen LogP contribution is -2.13. The fourth-order valence-corrected chi connectivity index (χ4v) is 1.36. The third-order valence-corrected chi connectivity index (χ3v) is 2.35. The Bertz CT molecular complexity index is 568. The van der Waals surface area contributed by atoms with Gasteiger partial charge in [0.1, 0.15) is 5.75 Å². The van der Waals surface area contributed by atoms with E-state index in [9.17, 15) is 9.90 Å². The van der Waals surface area contributed by atoms with Gasteiger partial charge in [-0.2, -0.15) is 0 Å². The van der Waals surface area contributed by atoms with Gasteiger partial charge in [-0.3, -0.25) is 0 Å². The molecule has 104 valence electrons. The molecule has 0 heterocycles. The molecule has 6 nitrogen and oxygen atoms in total. The summed E-state index contributed by atoms with van der Waals surface area (Å²) < 4.78 is 9.60. The topological polar surface area (TPSA) is 86.7 Å². The highest BCUT2D eigenvalue weighted by Gasteiger charge is 2.24. The summed E-state index contributed by atoms with van der Waals surface area (Å²) in [6.07, 6.45) is 2.62. The largest absolute Gasteiger partial charge is 0.867 e. The number of allylic oxidation sites excluding steroid dienone is 1. The number of nitrogens with zero attached hydrogens (tertiary/aromatic N) is 2. The third-order valence-electron chi connectivity index (χ3n) is 2.35. The van der Waals surface area contributed by atoms with Crippen LogP contribution in [0.4, 0.5) is 0 Å². The molecule has 0 saturated carbocycles. The van der Waals surface area contributed by atoms with E-state index in [0.717, 1.165) is 11.6 Å². The van der Waals surface area contributed by atoms with Gasteiger partial charge in [-0.05, 0) is 30.4 Å². The van der Waals surface area contributed by atoms with Gasteiger partial charge in [0.05, 0.1) is 13.7 Å². The van der Waals surface area contributed by atoms with E-state index < -0.39 is 17.4 Å². The van der Waals surface area contributed by atoms with E-state index in [1.54, 1.807) is 38.3 Å². The summed E-state index contributed by atoms with van der Waals surface area (Å²) >= 11 is 0. The molecule has 1 aromatic rings. The zero-order valence-electron chi connectivity index (χ0n) is 11.2. The maximum atomic E-state index is 11.7. The normalized spacial score (nSPS) is 11.7. The Morgan fingerprint density at radius 1 is 1.40 bits per heavy atom. The van der Waals surface area contributed by atoms with Crippen LogP contribution in [-0.4, -0.2) is 19.7 Å². The fourth-order valence-electron chi connectivity index (χ4n) is 1.36. The molecule has 0 spiro atoms. The van der Waals surface area contributed by atoms with Gasteiger partial charge in [-0.25, -0.2) is 4.79 Å². The van der Waals surface area contributed by atoms with E-state index in [-0.39, 0.29) is 6.61 Å². The number of diazo groups is 1. The van der Waals surface area contributed by atoms with Crippen molar-refractivity contribution in [3.05, 3.63) is 52.3 Å². The lowest BCUT2D eigenvalue weighted by molar-refractivity contribution is -0.296. The number of carbonyl (C=O) groups is 1. The van der Waals surface area contributed by atoms with Crippen molar-refractivity contribution in [3.8, 4) is 5.75 Å². The predicted octanol–water partition coefficient (Wildman–Crippen LogP) is 1.70. The molecule has 0 aliphatic carbocycles. The number of benzene rings is 1. The van der Waals surface area contributed by atoms with Gasteiger partial charge in [-0.15, -0.1) is 0 Å². The van der Waals surface area contributed by atoms with Crippen molar-refractivity contribution in [2.75, 3.05) is 13.7 Å². The maximum absolute atomic E-state index is 11.7. The SMILES string of the molecule is CCOC(=O)C([N+]#N)=C([O-])/C=C/c1ccc(OC)cc1. The predicted molar refractivity (Wildman–Crippen MR) is 70.8 cm³/mol. The average molecular weight is 274 g/mol. The molecule has 0 amide bonds. The summed E-state index contributed by atoms with van der Waals surface area (Å²) in [7, 11) is 1.55. The van der Waals surface area contributed by atoms with Crippen molar-refractivity contribution in [2.45, 2.75) is 6.92 Å². The molecule has 0 atom stereocenters. The first kappa shape index (κ1) is 15.2. The van der Waals surface area contributed by atoms with E-state index in [0.29, 0.717) is 5.75 Å². The molecular weight excluding hydrogens is 260 g/mol. The number of methoxy groups -OCH3 is 1. The minimum absolute atomic E-state index is 0.0906. The maximum Gasteiger partial charge on any atom is 0.460 e. The molecule has 6 heteroatoms. The van der Waals surface area contributed by atoms with E-state index in [4.69, 9.17) is 10.1 Å². The molecule has 0 aliphatic heterocycles. The van der Waals surface area contributed by atoms with E-state index in [2.05, 4.69) is 9.71 Å². The molecule has 1 rings (SSSR count). The monoisotopic (exact) mass is 274 g/mol. The van der Waals surface area contributed by atoms with Gasteiger partial charge >= 0.3 is 11.7 Å². The smallest absolute Gasteiger partial charge is 0.460 e. The summed E-state index contributed by atoms with van der Waals surface area (Å²) in [5.41, 5.74) is 0.0805. The van der Waals surface area contributed by atoms with Crippen LogP contribution in [0.1, 0.15) is 12.5 Å². The molecule has 0 unspecified atom stereocenters. The first-order valence-electron chi connectivity index (χ1n) is 5.88. The third kappa shape index (κ3) is 4.14. The van der Waals surface area contributed by atoms with Gasteiger partial charge < -0.3 is 14.6 Å². The first-order valence-corrected chi connectivity index (χ1v) is 5.88. The molecule has 0 N–H and O–H groups in total. The lowest BCUT2D eigenvalue weighted by Gasteiger charge is -2.03. The van der Waals surface area contributed by atoms with Gasteiger partial charge in [0.15, 0.2) is 4.98 Å². The summed E-state index contributed by atoms with van der Waals surface area (Å²) in [5, 5.41) is 20.4. The number of carbonyl (C=O) groups excluding carboxylic acids is 1. The Labute approximate surface area is 116 Å². The molecule has 20 heavy (non-hydrogen) atoms. The minimum Gasteiger partial charge on any atom is -0.867 e. The van der Waals surface area contributed by atoms with E-state index in [1.807, 2.05) is 0 Å². The van der Waals surface area contributed by atoms with Crippen LogP contribution >= 0.6 is 0 Å². The van der Waals surface area contributed by atoms with Gasteiger partial charge in [-0.1, -0.05) is 24.3 Å². The number of ether oxygens (including phenoxy) is 2. The van der Waals surface area contributed by atoms with Crippen molar-refractivity contribution in [1.82, 2.24) is 0 Å². The Balaban J connectivity index is 2.90. The highest BCUT2D eigenvalue weighted by Crippen LogP contribution is 2.13. The Hall–Kier alpha value is -2.81. The van der Waals surface area contributed by atoms with Gasteiger partial charge in [0, 0.05) is 0 Å². The minimum atomic E-state index is -0.959. The van der Waals surface area contributed by atoms with E-state index >= 15 is 0 Å². The van der Waals surface area contributed by atoms with Gasteiger partial charge in [0.2, 0.25) is 5.39 Å². The number of rotatable bonds is 5. The molecule has 0 bridgehead atoms. The van der Waals surface area contributed by atoms with Crippen LogP contribution in [-0.2, 0) is 9.53 Å². The van der Waals surface area contributed by atoms with Crippen LogP contribution in [0.25, 0.3) is 11.1 Å². The number of esters is 1. The molecule has 0 saturated heterocycles. The van der Waals surface area contributed by atoms with Crippen molar-refractivity contribution in [3.63, 3.8) is 0 Å². The highest BCUT2D eigenvalue weighted by molar-refractivity contribution is 5.91. The second-order valence-corrected chi connectivity index (χ2v) is 3.64. The van der Waals surface area contributed by atoms with Crippen molar-refractivity contribution in [1.29, 1.82) is 5.39 Å². The molecule has 0 fully saturated rings. The molecule has 0 radical (unpaired) electrons. The molecule has 1 aromatic carbocycles. The number of hydrogen-bond donors (Lipinski definition) is 0. The van der Waals surface area contributed by atoms with Crippen LogP contribution in [0.2, 0.25) is 0 Å². The van der Waals surface area contributed by atoms with Crippen LogP contribution < -0.4 is 9.84 Å². The Morgan fingerprint density at radius 3 is 2.55 bits per heavy atom. The van der Waals surface area contributed by atoms with Crippen molar-refractivity contribution >= 4 is 12.0 Å². The first-order chi connectivity index (χ1) is 9.62. The molecular formula is C14H14N2O4. The summed E-state index contributed by atoms with van der Waals surface area (Å²) in [4.78, 5) is 14.0. The fraction of sp³-hybridized carbons (Fsp3) is 0.214. The van der Waals surface area contributed by atoms with Crippen molar-refractivity contribution < 1.29 is 19.4 Å².